The summed E-state index contributed by atoms with van der Waals surface area (Å²) >= 11 is 3.16. The summed E-state index contributed by atoms with van der Waals surface area (Å²) in [5, 5.41) is 8.78. The van der Waals surface area contributed by atoms with Crippen LogP contribution in [-0.4, -0.2) is 33.3 Å². The van der Waals surface area contributed by atoms with Crippen molar-refractivity contribution in [2.24, 2.45) is 0 Å². The molecule has 17 heavy (non-hydrogen) atoms. The van der Waals surface area contributed by atoms with Crippen molar-refractivity contribution in [1.82, 2.24) is 4.90 Å². The maximum absolute atomic E-state index is 11.8. The van der Waals surface area contributed by atoms with Crippen molar-refractivity contribution in [2.75, 3.05) is 6.54 Å². The molecule has 1 atom stereocenters. The lowest BCUT2D eigenvalue weighted by Gasteiger charge is -2.22. The molecule has 0 heterocycles. The third kappa shape index (κ3) is 4.56. The summed E-state index contributed by atoms with van der Waals surface area (Å²) in [6.45, 7) is 1.70. The van der Waals surface area contributed by atoms with Crippen LogP contribution in [0.1, 0.15) is 12.5 Å². The molecular weight excluding hydrogens is 286 g/mol. The molecule has 0 aliphatic rings. The highest BCUT2D eigenvalue weighted by molar-refractivity contribution is 9.10. The van der Waals surface area contributed by atoms with Crippen molar-refractivity contribution in [2.45, 2.75) is 18.3 Å². The molecule has 5 heteroatoms. The van der Waals surface area contributed by atoms with Gasteiger partial charge in [0.15, 0.2) is 0 Å². The number of carbonyl (C=O) groups excluding carboxylic acids is 1. The summed E-state index contributed by atoms with van der Waals surface area (Å²) in [6.07, 6.45) is 0. The van der Waals surface area contributed by atoms with E-state index in [-0.39, 0.29) is 17.3 Å². The number of alkyl halides is 1. The van der Waals surface area contributed by atoms with Crippen LogP contribution in [0.15, 0.2) is 30.3 Å². The molecule has 0 aliphatic carbocycles. The van der Waals surface area contributed by atoms with Crippen molar-refractivity contribution in [3.8, 4) is 0 Å². The molecule has 0 saturated carbocycles. The number of rotatable bonds is 5. The fourth-order valence-corrected chi connectivity index (χ4v) is 1.72. The van der Waals surface area contributed by atoms with Gasteiger partial charge in [0.05, 0.1) is 4.83 Å². The van der Waals surface area contributed by atoms with Gasteiger partial charge in [-0.2, -0.15) is 0 Å². The summed E-state index contributed by atoms with van der Waals surface area (Å²) in [7, 11) is 0. The van der Waals surface area contributed by atoms with Crippen LogP contribution in [0.3, 0.4) is 0 Å². The number of carboxylic acid groups (broad SMARTS) is 1. The molecule has 0 spiro atoms. The number of carbonyl (C=O) groups is 2. The Labute approximate surface area is 108 Å². The van der Waals surface area contributed by atoms with E-state index in [0.29, 0.717) is 6.54 Å². The molecule has 0 saturated heterocycles. The second kappa shape index (κ2) is 6.39. The molecule has 0 fully saturated rings. The van der Waals surface area contributed by atoms with Crippen molar-refractivity contribution in [3.63, 3.8) is 0 Å². The number of hydrogen-bond acceptors (Lipinski definition) is 2. The van der Waals surface area contributed by atoms with E-state index in [1.165, 1.54) is 4.90 Å². The molecular formula is C12H14BrNO3. The van der Waals surface area contributed by atoms with E-state index >= 15 is 0 Å². The van der Waals surface area contributed by atoms with Gasteiger partial charge < -0.3 is 10.0 Å². The minimum absolute atomic E-state index is 0.226. The third-order valence-corrected chi connectivity index (χ3v) is 2.59. The number of nitrogens with zero attached hydrogens (tertiary/aromatic N) is 1. The van der Waals surface area contributed by atoms with Crippen LogP contribution in [0.2, 0.25) is 0 Å². The number of benzene rings is 1. The van der Waals surface area contributed by atoms with E-state index in [9.17, 15) is 9.59 Å². The maximum atomic E-state index is 11.8. The molecule has 0 aliphatic heterocycles. The Morgan fingerprint density at radius 3 is 2.41 bits per heavy atom. The Hall–Kier alpha value is -1.36. The van der Waals surface area contributed by atoms with Crippen LogP contribution in [0.25, 0.3) is 0 Å². The van der Waals surface area contributed by atoms with Gasteiger partial charge in [0.2, 0.25) is 5.91 Å². The maximum Gasteiger partial charge on any atom is 0.323 e. The highest BCUT2D eigenvalue weighted by Gasteiger charge is 2.20. The summed E-state index contributed by atoms with van der Waals surface area (Å²) < 4.78 is 0. The van der Waals surface area contributed by atoms with Crippen LogP contribution in [0.5, 0.6) is 0 Å². The lowest BCUT2D eigenvalue weighted by atomic mass is 10.2. The lowest BCUT2D eigenvalue weighted by molar-refractivity contribution is -0.144. The molecule has 1 aromatic carbocycles. The van der Waals surface area contributed by atoms with E-state index in [0.717, 1.165) is 5.56 Å². The highest BCUT2D eigenvalue weighted by Crippen LogP contribution is 2.09. The SMILES string of the molecule is CC(Br)C(=O)N(CC(=O)O)Cc1ccccc1. The first-order valence-electron chi connectivity index (χ1n) is 5.19. The average Bonchev–Trinajstić information content (AvgIpc) is 2.28. The predicted octanol–water partition coefficient (Wildman–Crippen LogP) is 1.88. The normalized spacial score (nSPS) is 11.9. The Bertz CT molecular complexity index is 392. The van der Waals surface area contributed by atoms with Crippen LogP contribution < -0.4 is 0 Å². The van der Waals surface area contributed by atoms with Gasteiger partial charge >= 0.3 is 5.97 Å². The first-order valence-corrected chi connectivity index (χ1v) is 6.11. The van der Waals surface area contributed by atoms with E-state index in [1.54, 1.807) is 6.92 Å². The van der Waals surface area contributed by atoms with Crippen molar-refractivity contribution in [3.05, 3.63) is 35.9 Å². The van der Waals surface area contributed by atoms with Gasteiger partial charge in [-0.1, -0.05) is 46.3 Å². The molecule has 1 aromatic rings. The quantitative estimate of drug-likeness (QED) is 0.845. The fourth-order valence-electron chi connectivity index (χ4n) is 1.43. The van der Waals surface area contributed by atoms with Crippen LogP contribution in [0.4, 0.5) is 0 Å². The Morgan fingerprint density at radius 1 is 1.35 bits per heavy atom. The zero-order chi connectivity index (χ0) is 12.8. The largest absolute Gasteiger partial charge is 0.480 e. The molecule has 0 aromatic heterocycles. The van der Waals surface area contributed by atoms with E-state index in [1.807, 2.05) is 30.3 Å². The molecule has 1 N–H and O–H groups in total. The van der Waals surface area contributed by atoms with Gasteiger partial charge in [-0.25, -0.2) is 0 Å². The van der Waals surface area contributed by atoms with Crippen molar-refractivity contribution >= 4 is 27.8 Å². The summed E-state index contributed by atoms with van der Waals surface area (Å²) in [6, 6.07) is 9.31. The smallest absolute Gasteiger partial charge is 0.323 e. The van der Waals surface area contributed by atoms with Crippen LogP contribution in [-0.2, 0) is 16.1 Å². The van der Waals surface area contributed by atoms with Gasteiger partial charge in [0.1, 0.15) is 6.54 Å². The predicted molar refractivity (Wildman–Crippen MR) is 67.9 cm³/mol. The molecule has 1 amide bonds. The summed E-state index contributed by atoms with van der Waals surface area (Å²) in [4.78, 5) is 23.4. The van der Waals surface area contributed by atoms with Gasteiger partial charge in [-0.15, -0.1) is 0 Å². The number of amides is 1. The first kappa shape index (κ1) is 13.7. The standard InChI is InChI=1S/C12H14BrNO3/c1-9(13)12(17)14(8-11(15)16)7-10-5-3-2-4-6-10/h2-6,9H,7-8H2,1H3,(H,15,16). The second-order valence-corrected chi connectivity index (χ2v) is 5.06. The zero-order valence-corrected chi connectivity index (χ0v) is 11.1. The molecule has 92 valence electrons. The number of halogens is 1. The topological polar surface area (TPSA) is 57.6 Å². The van der Waals surface area contributed by atoms with E-state index in [4.69, 9.17) is 5.11 Å². The zero-order valence-electron chi connectivity index (χ0n) is 9.47. The van der Waals surface area contributed by atoms with Crippen molar-refractivity contribution < 1.29 is 14.7 Å². The average molecular weight is 300 g/mol. The molecule has 1 rings (SSSR count). The molecule has 4 nitrogen and oxygen atoms in total. The lowest BCUT2D eigenvalue weighted by Crippen LogP contribution is -2.38. The van der Waals surface area contributed by atoms with E-state index < -0.39 is 5.97 Å². The fraction of sp³-hybridized carbons (Fsp3) is 0.333. The molecule has 1 unspecified atom stereocenters. The number of carboxylic acids is 1. The van der Waals surface area contributed by atoms with Crippen molar-refractivity contribution in [1.29, 1.82) is 0 Å². The monoisotopic (exact) mass is 299 g/mol. The van der Waals surface area contributed by atoms with Gasteiger partial charge in [0, 0.05) is 6.54 Å². The van der Waals surface area contributed by atoms with Crippen LogP contribution >= 0.6 is 15.9 Å². The van der Waals surface area contributed by atoms with E-state index in [2.05, 4.69) is 15.9 Å². The summed E-state index contributed by atoms with van der Waals surface area (Å²) in [5.74, 6) is -1.24. The van der Waals surface area contributed by atoms with Gasteiger partial charge in [-0.3, -0.25) is 9.59 Å². The summed E-state index contributed by atoms with van der Waals surface area (Å²) in [5.41, 5.74) is 0.912. The Balaban J connectivity index is 2.77. The van der Waals surface area contributed by atoms with Gasteiger partial charge in [-0.05, 0) is 12.5 Å². The second-order valence-electron chi connectivity index (χ2n) is 3.69. The molecule has 0 radical (unpaired) electrons. The highest BCUT2D eigenvalue weighted by atomic mass is 79.9. The minimum atomic E-state index is -1.01. The first-order chi connectivity index (χ1) is 8.00. The van der Waals surface area contributed by atoms with Crippen LogP contribution in [0, 0.1) is 0 Å². The number of hydrogen-bond donors (Lipinski definition) is 1. The minimum Gasteiger partial charge on any atom is -0.480 e. The van der Waals surface area contributed by atoms with Gasteiger partial charge in [0.25, 0.3) is 0 Å². The Morgan fingerprint density at radius 2 is 1.94 bits per heavy atom. The molecule has 0 bridgehead atoms. The number of aliphatic carboxylic acids is 1. The third-order valence-electron chi connectivity index (χ3n) is 2.19. The Kier molecular flexibility index (Phi) is 5.15.